The van der Waals surface area contributed by atoms with Crippen molar-refractivity contribution in [3.05, 3.63) is 47.0 Å². The van der Waals surface area contributed by atoms with Crippen molar-refractivity contribution in [2.24, 2.45) is 16.0 Å². The molecule has 1 heterocycles. The van der Waals surface area contributed by atoms with E-state index in [0.717, 1.165) is 0 Å². The molecule has 5 N–H and O–H groups in total. The van der Waals surface area contributed by atoms with E-state index in [-0.39, 0.29) is 18.2 Å². The Balaban J connectivity index is 2.13. The van der Waals surface area contributed by atoms with E-state index in [2.05, 4.69) is 15.3 Å². The molecule has 0 aliphatic carbocycles. The monoisotopic (exact) mass is 291 g/mol. The van der Waals surface area contributed by atoms with Gasteiger partial charge in [0.2, 0.25) is 0 Å². The van der Waals surface area contributed by atoms with E-state index in [0.29, 0.717) is 16.4 Å². The number of amidine groups is 1. The van der Waals surface area contributed by atoms with Gasteiger partial charge in [-0.1, -0.05) is 40.6 Å². The quantitative estimate of drug-likeness (QED) is 0.333. The van der Waals surface area contributed by atoms with E-state index >= 15 is 0 Å². The van der Waals surface area contributed by atoms with Gasteiger partial charge in [-0.3, -0.25) is 0 Å². The molecule has 0 unspecified atom stereocenters. The van der Waals surface area contributed by atoms with Crippen molar-refractivity contribution in [1.29, 1.82) is 0 Å². The van der Waals surface area contributed by atoms with E-state index in [4.69, 9.17) is 21.5 Å². The summed E-state index contributed by atoms with van der Waals surface area (Å²) in [6.07, 6.45) is 0. The Morgan fingerprint density at radius 2 is 2.10 bits per heavy atom. The van der Waals surface area contributed by atoms with Gasteiger partial charge in [-0.05, 0) is 0 Å². The van der Waals surface area contributed by atoms with Crippen LogP contribution >= 0.6 is 11.3 Å². The van der Waals surface area contributed by atoms with Crippen LogP contribution in [-0.4, -0.2) is 21.7 Å². The fraction of sp³-hybridized carbons (Fsp3) is 0.0833. The predicted molar refractivity (Wildman–Crippen MR) is 77.7 cm³/mol. The number of nitrogens with two attached hydrogens (primary N) is 2. The zero-order valence-corrected chi connectivity index (χ0v) is 11.2. The molecule has 2 rings (SSSR count). The molecule has 0 fully saturated rings. The molecule has 104 valence electrons. The number of benzene rings is 1. The fourth-order valence-corrected chi connectivity index (χ4v) is 1.99. The summed E-state index contributed by atoms with van der Waals surface area (Å²) in [6, 6.07) is 9.04. The first kappa shape index (κ1) is 13.8. The molecule has 0 spiro atoms. The van der Waals surface area contributed by atoms with E-state index in [1.165, 1.54) is 11.3 Å². The van der Waals surface area contributed by atoms with Gasteiger partial charge in [0.25, 0.3) is 0 Å². The van der Waals surface area contributed by atoms with Crippen LogP contribution in [0, 0.1) is 0 Å². The van der Waals surface area contributed by atoms with Gasteiger partial charge < -0.3 is 21.5 Å². The molecule has 0 aliphatic rings. The van der Waals surface area contributed by atoms with E-state index in [9.17, 15) is 0 Å². The van der Waals surface area contributed by atoms with Crippen LogP contribution in [0.2, 0.25) is 0 Å². The maximum Gasteiger partial charge on any atom is 0.192 e. The van der Waals surface area contributed by atoms with Crippen LogP contribution < -0.4 is 11.5 Å². The highest BCUT2D eigenvalue weighted by atomic mass is 32.1. The smallest absolute Gasteiger partial charge is 0.192 e. The maximum atomic E-state index is 8.79. The highest BCUT2D eigenvalue weighted by Gasteiger charge is 2.10. The van der Waals surface area contributed by atoms with Gasteiger partial charge in [0, 0.05) is 10.9 Å². The normalized spacial score (nSPS) is 12.4. The van der Waals surface area contributed by atoms with Gasteiger partial charge in [0.15, 0.2) is 23.3 Å². The van der Waals surface area contributed by atoms with Gasteiger partial charge in [0.1, 0.15) is 0 Å². The molecule has 0 amide bonds. The summed E-state index contributed by atoms with van der Waals surface area (Å²) >= 11 is 1.32. The summed E-state index contributed by atoms with van der Waals surface area (Å²) in [4.78, 5) is 9.21. The summed E-state index contributed by atoms with van der Waals surface area (Å²) in [5.74, 6) is -0.131. The first-order valence-electron chi connectivity index (χ1n) is 5.64. The van der Waals surface area contributed by atoms with Crippen LogP contribution in [0.15, 0.2) is 46.0 Å². The zero-order chi connectivity index (χ0) is 14.4. The lowest BCUT2D eigenvalue weighted by Gasteiger charge is -2.04. The first-order chi connectivity index (χ1) is 9.70. The van der Waals surface area contributed by atoms with Crippen molar-refractivity contribution in [2.75, 3.05) is 5.73 Å². The second kappa shape index (κ2) is 6.53. The maximum absolute atomic E-state index is 8.79. The standard InChI is InChI=1S/C12H13N5O2S/c13-11(16-18)10(8-4-2-1-3-5-8)17-19-6-9-7-20-12(14)15-9/h1-5,7,18H,6H2,(H2,13,16)(H2,14,15)/b17-10+. The van der Waals surface area contributed by atoms with Crippen LogP contribution in [0.1, 0.15) is 11.3 Å². The van der Waals surface area contributed by atoms with Crippen molar-refractivity contribution >= 4 is 28.0 Å². The summed E-state index contributed by atoms with van der Waals surface area (Å²) in [5, 5.41) is 17.9. The van der Waals surface area contributed by atoms with Gasteiger partial charge in [-0.2, -0.15) is 0 Å². The summed E-state index contributed by atoms with van der Waals surface area (Å²) in [6.45, 7) is 0.155. The molecule has 0 bridgehead atoms. The number of rotatable bonds is 5. The Kier molecular flexibility index (Phi) is 4.51. The Labute approximate surface area is 119 Å². The molecule has 2 aromatic rings. The second-order valence-electron chi connectivity index (χ2n) is 3.74. The average molecular weight is 291 g/mol. The van der Waals surface area contributed by atoms with Crippen LogP contribution in [0.25, 0.3) is 0 Å². The third-order valence-corrected chi connectivity index (χ3v) is 3.06. The van der Waals surface area contributed by atoms with Crippen molar-refractivity contribution in [1.82, 2.24) is 4.98 Å². The summed E-state index contributed by atoms with van der Waals surface area (Å²) in [7, 11) is 0. The van der Waals surface area contributed by atoms with E-state index in [1.54, 1.807) is 17.5 Å². The number of hydrogen-bond acceptors (Lipinski definition) is 7. The van der Waals surface area contributed by atoms with E-state index < -0.39 is 0 Å². The van der Waals surface area contributed by atoms with Crippen molar-refractivity contribution in [3.8, 4) is 0 Å². The number of anilines is 1. The molecule has 0 saturated heterocycles. The average Bonchev–Trinajstić information content (AvgIpc) is 2.89. The van der Waals surface area contributed by atoms with Gasteiger partial charge >= 0.3 is 0 Å². The minimum atomic E-state index is -0.131. The Bertz CT molecular complexity index is 624. The highest BCUT2D eigenvalue weighted by molar-refractivity contribution is 7.13. The first-order valence-corrected chi connectivity index (χ1v) is 6.52. The van der Waals surface area contributed by atoms with Gasteiger partial charge in [-0.15, -0.1) is 11.3 Å². The molecular formula is C12H13N5O2S. The third kappa shape index (κ3) is 3.45. The predicted octanol–water partition coefficient (Wildman–Crippen LogP) is 1.39. The minimum absolute atomic E-state index is 0.131. The third-order valence-electron chi connectivity index (χ3n) is 2.34. The Hall–Kier alpha value is -2.61. The van der Waals surface area contributed by atoms with Crippen molar-refractivity contribution in [2.45, 2.75) is 6.61 Å². The fourth-order valence-electron chi connectivity index (χ4n) is 1.44. The molecule has 0 atom stereocenters. The molecule has 1 aromatic carbocycles. The lowest BCUT2D eigenvalue weighted by atomic mass is 10.1. The lowest BCUT2D eigenvalue weighted by Crippen LogP contribution is -2.25. The second-order valence-corrected chi connectivity index (χ2v) is 4.63. The number of thiazole rings is 1. The lowest BCUT2D eigenvalue weighted by molar-refractivity contribution is 0.129. The summed E-state index contributed by atoms with van der Waals surface area (Å²) in [5.41, 5.74) is 12.7. The van der Waals surface area contributed by atoms with Crippen molar-refractivity contribution < 1.29 is 10.0 Å². The highest BCUT2D eigenvalue weighted by Crippen LogP contribution is 2.12. The number of nitrogens with zero attached hydrogens (tertiary/aromatic N) is 3. The summed E-state index contributed by atoms with van der Waals surface area (Å²) < 4.78 is 0. The minimum Gasteiger partial charge on any atom is -0.409 e. The van der Waals surface area contributed by atoms with Gasteiger partial charge in [-0.25, -0.2) is 4.98 Å². The molecule has 1 aromatic heterocycles. The number of nitrogen functional groups attached to an aromatic ring is 1. The topological polar surface area (TPSA) is 119 Å². The largest absolute Gasteiger partial charge is 0.409 e. The molecule has 0 radical (unpaired) electrons. The molecule has 8 heteroatoms. The zero-order valence-electron chi connectivity index (χ0n) is 10.4. The van der Waals surface area contributed by atoms with Crippen LogP contribution in [0.5, 0.6) is 0 Å². The number of hydrogen-bond donors (Lipinski definition) is 3. The van der Waals surface area contributed by atoms with Crippen molar-refractivity contribution in [3.63, 3.8) is 0 Å². The molecule has 20 heavy (non-hydrogen) atoms. The van der Waals surface area contributed by atoms with Crippen LogP contribution in [0.3, 0.4) is 0 Å². The van der Waals surface area contributed by atoms with Crippen LogP contribution in [-0.2, 0) is 11.4 Å². The Morgan fingerprint density at radius 1 is 1.35 bits per heavy atom. The van der Waals surface area contributed by atoms with Crippen LogP contribution in [0.4, 0.5) is 5.13 Å². The molecule has 0 saturated carbocycles. The number of oxime groups is 2. The SMILES string of the molecule is NC(=N/O)/C(=N/OCc1csc(N)n1)c1ccccc1. The number of aromatic nitrogens is 1. The molecule has 0 aliphatic heterocycles. The Morgan fingerprint density at radius 3 is 2.70 bits per heavy atom. The molecule has 7 nitrogen and oxygen atoms in total. The van der Waals surface area contributed by atoms with E-state index in [1.807, 2.05) is 18.2 Å². The molecular weight excluding hydrogens is 278 g/mol. The van der Waals surface area contributed by atoms with Gasteiger partial charge in [0.05, 0.1) is 5.69 Å².